The predicted molar refractivity (Wildman–Crippen MR) is 59.7 cm³/mol. The Balaban J connectivity index is 1.89. The summed E-state index contributed by atoms with van der Waals surface area (Å²) in [6.45, 7) is 4.67. The molecule has 0 aromatic heterocycles. The maximum Gasteiger partial charge on any atom is 0.0810 e. The van der Waals surface area contributed by atoms with Crippen LogP contribution in [0.4, 0.5) is 0 Å². The summed E-state index contributed by atoms with van der Waals surface area (Å²) in [5, 5.41) is 0. The van der Waals surface area contributed by atoms with E-state index in [4.69, 9.17) is 15.2 Å². The van der Waals surface area contributed by atoms with Gasteiger partial charge in [0.25, 0.3) is 0 Å². The minimum atomic E-state index is -0.0125. The van der Waals surface area contributed by atoms with Gasteiger partial charge in [-0.05, 0) is 38.0 Å². The number of hydrogen-bond acceptors (Lipinski definition) is 3. The van der Waals surface area contributed by atoms with Gasteiger partial charge in [0.05, 0.1) is 11.7 Å². The Bertz CT molecular complexity index is 204. The molecule has 1 saturated heterocycles. The average Bonchev–Trinajstić information content (AvgIpc) is 2.62. The summed E-state index contributed by atoms with van der Waals surface area (Å²) >= 11 is 0. The maximum atomic E-state index is 6.25. The number of rotatable bonds is 3. The van der Waals surface area contributed by atoms with Crippen molar-refractivity contribution in [2.45, 2.75) is 50.7 Å². The molecule has 2 N–H and O–H groups in total. The fourth-order valence-electron chi connectivity index (χ4n) is 2.84. The van der Waals surface area contributed by atoms with Crippen LogP contribution in [0.3, 0.4) is 0 Å². The Labute approximate surface area is 92.3 Å². The molecule has 2 rings (SSSR count). The van der Waals surface area contributed by atoms with Crippen LogP contribution in [0.15, 0.2) is 0 Å². The summed E-state index contributed by atoms with van der Waals surface area (Å²) in [5.41, 5.74) is 5.88. The van der Waals surface area contributed by atoms with Crippen LogP contribution in [0.2, 0.25) is 0 Å². The van der Waals surface area contributed by atoms with Gasteiger partial charge in [-0.1, -0.05) is 6.92 Å². The van der Waals surface area contributed by atoms with E-state index in [2.05, 4.69) is 6.92 Å². The van der Waals surface area contributed by atoms with Crippen molar-refractivity contribution < 1.29 is 9.47 Å². The monoisotopic (exact) mass is 213 g/mol. The summed E-state index contributed by atoms with van der Waals surface area (Å²) in [7, 11) is 0. The number of nitrogens with two attached hydrogens (primary N) is 1. The van der Waals surface area contributed by atoms with E-state index in [0.717, 1.165) is 44.8 Å². The minimum absolute atomic E-state index is 0.0125. The lowest BCUT2D eigenvalue weighted by atomic mass is 9.99. The van der Waals surface area contributed by atoms with Crippen LogP contribution in [0.1, 0.15) is 39.0 Å². The number of hydrogen-bond donors (Lipinski definition) is 1. The van der Waals surface area contributed by atoms with Gasteiger partial charge in [-0.3, -0.25) is 0 Å². The lowest BCUT2D eigenvalue weighted by molar-refractivity contribution is -0.119. The van der Waals surface area contributed by atoms with Crippen molar-refractivity contribution in [3.8, 4) is 0 Å². The maximum absolute atomic E-state index is 6.25. The molecule has 2 atom stereocenters. The highest BCUT2D eigenvalue weighted by molar-refractivity contribution is 4.91. The zero-order valence-corrected chi connectivity index (χ0v) is 9.71. The molecule has 88 valence electrons. The molecule has 0 aromatic rings. The fourth-order valence-corrected chi connectivity index (χ4v) is 2.84. The molecule has 0 radical (unpaired) electrons. The van der Waals surface area contributed by atoms with E-state index in [0.29, 0.717) is 12.6 Å². The molecule has 15 heavy (non-hydrogen) atoms. The Morgan fingerprint density at radius 3 is 2.60 bits per heavy atom. The van der Waals surface area contributed by atoms with Crippen molar-refractivity contribution in [2.75, 3.05) is 19.8 Å². The summed E-state index contributed by atoms with van der Waals surface area (Å²) in [6.07, 6.45) is 6.00. The van der Waals surface area contributed by atoms with Crippen molar-refractivity contribution in [1.29, 1.82) is 0 Å². The number of ether oxygens (including phenoxy) is 2. The van der Waals surface area contributed by atoms with Crippen molar-refractivity contribution in [3.63, 3.8) is 0 Å². The van der Waals surface area contributed by atoms with Gasteiger partial charge in [0.1, 0.15) is 0 Å². The molecule has 1 heterocycles. The zero-order chi connectivity index (χ0) is 10.7. The van der Waals surface area contributed by atoms with Gasteiger partial charge < -0.3 is 15.2 Å². The topological polar surface area (TPSA) is 44.5 Å². The summed E-state index contributed by atoms with van der Waals surface area (Å²) in [6, 6.07) is 0. The molecule has 3 nitrogen and oxygen atoms in total. The Morgan fingerprint density at radius 2 is 2.07 bits per heavy atom. The fraction of sp³-hybridized carbons (Fsp3) is 1.00. The highest BCUT2D eigenvalue weighted by atomic mass is 16.5. The van der Waals surface area contributed by atoms with Crippen LogP contribution in [0.5, 0.6) is 0 Å². The second-order valence-corrected chi connectivity index (χ2v) is 5.16. The molecular weight excluding hydrogens is 190 g/mol. The molecule has 1 saturated carbocycles. The standard InChI is InChI=1S/C12H23NO2/c1-10-2-5-12(8-10,9-13)15-11-3-6-14-7-4-11/h10-11H,2-9,13H2,1H3. The molecule has 0 spiro atoms. The van der Waals surface area contributed by atoms with Gasteiger partial charge in [-0.15, -0.1) is 0 Å². The quantitative estimate of drug-likeness (QED) is 0.776. The molecule has 0 bridgehead atoms. The van der Waals surface area contributed by atoms with E-state index in [1.807, 2.05) is 0 Å². The first kappa shape index (κ1) is 11.4. The van der Waals surface area contributed by atoms with Gasteiger partial charge in [0.15, 0.2) is 0 Å². The summed E-state index contributed by atoms with van der Waals surface area (Å²) in [5.74, 6) is 0.772. The minimum Gasteiger partial charge on any atom is -0.381 e. The molecule has 2 unspecified atom stereocenters. The van der Waals surface area contributed by atoms with Crippen LogP contribution in [-0.4, -0.2) is 31.5 Å². The first-order valence-electron chi connectivity index (χ1n) is 6.20. The third kappa shape index (κ3) is 2.71. The third-order valence-corrected chi connectivity index (χ3v) is 3.77. The Kier molecular flexibility index (Phi) is 3.65. The largest absolute Gasteiger partial charge is 0.381 e. The highest BCUT2D eigenvalue weighted by Gasteiger charge is 2.39. The van der Waals surface area contributed by atoms with Gasteiger partial charge in [0, 0.05) is 19.8 Å². The highest BCUT2D eigenvalue weighted by Crippen LogP contribution is 2.38. The molecular formula is C12H23NO2. The summed E-state index contributed by atoms with van der Waals surface area (Å²) in [4.78, 5) is 0. The van der Waals surface area contributed by atoms with Crippen LogP contribution >= 0.6 is 0 Å². The molecule has 1 aliphatic carbocycles. The Hall–Kier alpha value is -0.120. The lowest BCUT2D eigenvalue weighted by Gasteiger charge is -2.34. The van der Waals surface area contributed by atoms with Gasteiger partial charge in [0.2, 0.25) is 0 Å². The van der Waals surface area contributed by atoms with E-state index in [9.17, 15) is 0 Å². The molecule has 0 amide bonds. The normalized spacial score (nSPS) is 38.4. The molecule has 0 aromatic carbocycles. The van der Waals surface area contributed by atoms with Gasteiger partial charge in [-0.2, -0.15) is 0 Å². The van der Waals surface area contributed by atoms with E-state index >= 15 is 0 Å². The van der Waals surface area contributed by atoms with E-state index in [1.165, 1.54) is 6.42 Å². The van der Waals surface area contributed by atoms with Crippen LogP contribution in [0, 0.1) is 5.92 Å². The second-order valence-electron chi connectivity index (χ2n) is 5.16. The predicted octanol–water partition coefficient (Wildman–Crippen LogP) is 1.70. The van der Waals surface area contributed by atoms with Crippen LogP contribution < -0.4 is 5.73 Å². The first-order valence-corrected chi connectivity index (χ1v) is 6.20. The molecule has 2 aliphatic rings. The first-order chi connectivity index (χ1) is 7.24. The van der Waals surface area contributed by atoms with Crippen molar-refractivity contribution in [3.05, 3.63) is 0 Å². The average molecular weight is 213 g/mol. The van der Waals surface area contributed by atoms with E-state index < -0.39 is 0 Å². The molecule has 2 fully saturated rings. The van der Waals surface area contributed by atoms with Crippen LogP contribution in [-0.2, 0) is 9.47 Å². The lowest BCUT2D eigenvalue weighted by Crippen LogP contribution is -2.43. The second kappa shape index (κ2) is 4.81. The van der Waals surface area contributed by atoms with Crippen molar-refractivity contribution in [1.82, 2.24) is 0 Å². The smallest absolute Gasteiger partial charge is 0.0810 e. The van der Waals surface area contributed by atoms with Gasteiger partial charge in [-0.25, -0.2) is 0 Å². The molecule has 1 aliphatic heterocycles. The van der Waals surface area contributed by atoms with Crippen LogP contribution in [0.25, 0.3) is 0 Å². The van der Waals surface area contributed by atoms with Crippen molar-refractivity contribution >= 4 is 0 Å². The van der Waals surface area contributed by atoms with E-state index in [1.54, 1.807) is 0 Å². The Morgan fingerprint density at radius 1 is 1.33 bits per heavy atom. The summed E-state index contributed by atoms with van der Waals surface area (Å²) < 4.78 is 11.6. The SMILES string of the molecule is CC1CCC(CN)(OC2CCOCC2)C1. The van der Waals surface area contributed by atoms with E-state index in [-0.39, 0.29) is 5.60 Å². The molecule has 3 heteroatoms. The zero-order valence-electron chi connectivity index (χ0n) is 9.71. The van der Waals surface area contributed by atoms with Gasteiger partial charge >= 0.3 is 0 Å². The third-order valence-electron chi connectivity index (χ3n) is 3.77. The van der Waals surface area contributed by atoms with Crippen molar-refractivity contribution in [2.24, 2.45) is 11.7 Å².